The second-order valence-electron chi connectivity index (χ2n) is 5.25. The van der Waals surface area contributed by atoms with Gasteiger partial charge in [-0.15, -0.1) is 11.8 Å². The van der Waals surface area contributed by atoms with E-state index in [-0.39, 0.29) is 17.5 Å². The van der Waals surface area contributed by atoms with Crippen LogP contribution in [-0.4, -0.2) is 34.4 Å². The monoisotopic (exact) mass is 328 g/mol. The van der Waals surface area contributed by atoms with Gasteiger partial charge in [-0.3, -0.25) is 9.59 Å². The van der Waals surface area contributed by atoms with Gasteiger partial charge in [0.1, 0.15) is 17.7 Å². The average Bonchev–Trinajstić information content (AvgIpc) is 2.98. The second-order valence-corrected chi connectivity index (χ2v) is 6.25. The Hall–Kier alpha value is -1.63. The molecule has 0 spiro atoms. The summed E-state index contributed by atoms with van der Waals surface area (Å²) in [6, 6.07) is 2.33. The lowest BCUT2D eigenvalue weighted by atomic mass is 10.1. The predicted molar refractivity (Wildman–Crippen MR) is 82.4 cm³/mol. The van der Waals surface area contributed by atoms with E-state index in [0.29, 0.717) is 24.1 Å². The van der Waals surface area contributed by atoms with Crippen molar-refractivity contribution >= 4 is 29.3 Å². The van der Waals surface area contributed by atoms with Crippen molar-refractivity contribution in [3.05, 3.63) is 29.8 Å². The predicted octanol–water partition coefficient (Wildman–Crippen LogP) is 2.85. The lowest BCUT2D eigenvalue weighted by Crippen LogP contribution is -2.46. The molecule has 0 aliphatic carbocycles. The van der Waals surface area contributed by atoms with Crippen LogP contribution < -0.4 is 5.32 Å². The zero-order valence-electron chi connectivity index (χ0n) is 12.4. The molecule has 1 N–H and O–H groups in total. The van der Waals surface area contributed by atoms with Crippen LogP contribution in [0.4, 0.5) is 14.5 Å². The van der Waals surface area contributed by atoms with E-state index < -0.39 is 23.6 Å². The van der Waals surface area contributed by atoms with Gasteiger partial charge in [-0.25, -0.2) is 8.78 Å². The van der Waals surface area contributed by atoms with Crippen molar-refractivity contribution in [1.82, 2.24) is 4.90 Å². The molecule has 1 aromatic rings. The number of rotatable bonds is 4. The molecule has 2 atom stereocenters. The molecular weight excluding hydrogens is 310 g/mol. The average molecular weight is 328 g/mol. The summed E-state index contributed by atoms with van der Waals surface area (Å²) in [6.45, 7) is 3.73. The summed E-state index contributed by atoms with van der Waals surface area (Å²) in [5.74, 6) is -1.31. The minimum Gasteiger partial charge on any atom is -0.322 e. The SMILES string of the molecule is CC[C@@H](C)C(=O)N1CSC[C@H]1C(=O)Nc1ccc(F)cc1F. The highest BCUT2D eigenvalue weighted by Gasteiger charge is 2.36. The summed E-state index contributed by atoms with van der Waals surface area (Å²) in [4.78, 5) is 26.1. The van der Waals surface area contributed by atoms with Crippen LogP contribution in [0.5, 0.6) is 0 Å². The number of thioether (sulfide) groups is 1. The second kappa shape index (κ2) is 7.09. The molecule has 2 amide bonds. The van der Waals surface area contributed by atoms with E-state index in [0.717, 1.165) is 6.07 Å². The molecule has 0 saturated carbocycles. The third kappa shape index (κ3) is 3.58. The summed E-state index contributed by atoms with van der Waals surface area (Å²) in [5, 5.41) is 2.43. The van der Waals surface area contributed by atoms with E-state index in [1.807, 2.05) is 13.8 Å². The van der Waals surface area contributed by atoms with E-state index in [1.165, 1.54) is 22.7 Å². The van der Waals surface area contributed by atoms with Crippen LogP contribution >= 0.6 is 11.8 Å². The Morgan fingerprint density at radius 1 is 1.45 bits per heavy atom. The first kappa shape index (κ1) is 16.7. The summed E-state index contributed by atoms with van der Waals surface area (Å²) < 4.78 is 26.5. The van der Waals surface area contributed by atoms with Gasteiger partial charge >= 0.3 is 0 Å². The maximum absolute atomic E-state index is 13.6. The van der Waals surface area contributed by atoms with E-state index in [2.05, 4.69) is 5.32 Å². The largest absolute Gasteiger partial charge is 0.322 e. The normalized spacial score (nSPS) is 19.1. The van der Waals surface area contributed by atoms with Crippen LogP contribution in [0.2, 0.25) is 0 Å². The third-order valence-electron chi connectivity index (χ3n) is 3.69. The van der Waals surface area contributed by atoms with Crippen molar-refractivity contribution < 1.29 is 18.4 Å². The summed E-state index contributed by atoms with van der Waals surface area (Å²) in [7, 11) is 0. The van der Waals surface area contributed by atoms with Gasteiger partial charge in [-0.05, 0) is 18.6 Å². The van der Waals surface area contributed by atoms with Crippen molar-refractivity contribution in [2.45, 2.75) is 26.3 Å². The van der Waals surface area contributed by atoms with E-state index in [4.69, 9.17) is 0 Å². The quantitative estimate of drug-likeness (QED) is 0.925. The molecule has 1 fully saturated rings. The third-order valence-corrected chi connectivity index (χ3v) is 4.70. The van der Waals surface area contributed by atoms with Crippen molar-refractivity contribution in [3.63, 3.8) is 0 Å². The number of benzene rings is 1. The fourth-order valence-electron chi connectivity index (χ4n) is 2.14. The molecule has 0 unspecified atom stereocenters. The Morgan fingerprint density at radius 2 is 2.18 bits per heavy atom. The zero-order chi connectivity index (χ0) is 16.3. The molecule has 2 rings (SSSR count). The highest BCUT2D eigenvalue weighted by Crippen LogP contribution is 2.25. The number of nitrogens with zero attached hydrogens (tertiary/aromatic N) is 1. The highest BCUT2D eigenvalue weighted by molar-refractivity contribution is 7.99. The molecule has 1 aliphatic heterocycles. The van der Waals surface area contributed by atoms with Gasteiger partial charge in [0.15, 0.2) is 0 Å². The first-order valence-electron chi connectivity index (χ1n) is 7.08. The Balaban J connectivity index is 2.09. The van der Waals surface area contributed by atoms with Crippen LogP contribution in [0.25, 0.3) is 0 Å². The van der Waals surface area contributed by atoms with E-state index in [9.17, 15) is 18.4 Å². The molecule has 7 heteroatoms. The first-order valence-corrected chi connectivity index (χ1v) is 8.23. The summed E-state index contributed by atoms with van der Waals surface area (Å²) in [6.07, 6.45) is 0.695. The molecule has 1 saturated heterocycles. The Bertz CT molecular complexity index is 583. The van der Waals surface area contributed by atoms with Gasteiger partial charge in [0.2, 0.25) is 11.8 Å². The zero-order valence-corrected chi connectivity index (χ0v) is 13.3. The first-order chi connectivity index (χ1) is 10.4. The minimum atomic E-state index is -0.834. The van der Waals surface area contributed by atoms with Gasteiger partial charge in [-0.1, -0.05) is 13.8 Å². The number of carbonyl (C=O) groups excluding carboxylic acids is 2. The minimum absolute atomic E-state index is 0.0766. The number of halogens is 2. The molecule has 1 heterocycles. The number of hydrogen-bond acceptors (Lipinski definition) is 3. The van der Waals surface area contributed by atoms with Crippen LogP contribution in [0.3, 0.4) is 0 Å². The molecule has 1 aromatic carbocycles. The Labute approximate surface area is 132 Å². The Morgan fingerprint density at radius 3 is 2.82 bits per heavy atom. The van der Waals surface area contributed by atoms with Gasteiger partial charge in [-0.2, -0.15) is 0 Å². The number of carbonyl (C=O) groups is 2. The highest BCUT2D eigenvalue weighted by atomic mass is 32.2. The summed E-state index contributed by atoms with van der Waals surface area (Å²) in [5.41, 5.74) is -0.0840. The lowest BCUT2D eigenvalue weighted by molar-refractivity contribution is -0.139. The van der Waals surface area contributed by atoms with Gasteiger partial charge in [0.05, 0.1) is 11.6 Å². The maximum Gasteiger partial charge on any atom is 0.248 e. The van der Waals surface area contributed by atoms with Crippen molar-refractivity contribution in [1.29, 1.82) is 0 Å². The van der Waals surface area contributed by atoms with Gasteiger partial charge in [0.25, 0.3) is 0 Å². The van der Waals surface area contributed by atoms with Crippen molar-refractivity contribution in [3.8, 4) is 0 Å². The smallest absolute Gasteiger partial charge is 0.248 e. The fraction of sp³-hybridized carbons (Fsp3) is 0.467. The topological polar surface area (TPSA) is 49.4 Å². The standard InChI is InChI=1S/C15H18F2N2O2S/c1-3-9(2)15(21)19-8-22-7-13(19)14(20)18-12-5-4-10(16)6-11(12)17/h4-6,9,13H,3,7-8H2,1-2H3,(H,18,20)/t9-,13+/m1/s1. The number of hydrogen-bond donors (Lipinski definition) is 1. The molecule has 0 bridgehead atoms. The van der Waals surface area contributed by atoms with E-state index in [1.54, 1.807) is 0 Å². The number of amides is 2. The maximum atomic E-state index is 13.6. The molecule has 1 aliphatic rings. The lowest BCUT2D eigenvalue weighted by Gasteiger charge is -2.25. The van der Waals surface area contributed by atoms with Crippen molar-refractivity contribution in [2.24, 2.45) is 5.92 Å². The molecule has 4 nitrogen and oxygen atoms in total. The number of nitrogens with one attached hydrogen (secondary N) is 1. The molecule has 0 aromatic heterocycles. The summed E-state index contributed by atoms with van der Waals surface area (Å²) >= 11 is 1.48. The van der Waals surface area contributed by atoms with Gasteiger partial charge < -0.3 is 10.2 Å². The van der Waals surface area contributed by atoms with Crippen LogP contribution in [-0.2, 0) is 9.59 Å². The van der Waals surface area contributed by atoms with Crippen molar-refractivity contribution in [2.75, 3.05) is 16.9 Å². The molecule has 22 heavy (non-hydrogen) atoms. The molecular formula is C15H18F2N2O2S. The fourth-order valence-corrected chi connectivity index (χ4v) is 3.31. The van der Waals surface area contributed by atoms with E-state index >= 15 is 0 Å². The van der Waals surface area contributed by atoms with Gasteiger partial charge in [0, 0.05) is 17.7 Å². The molecule has 0 radical (unpaired) electrons. The molecule has 120 valence electrons. The number of anilines is 1. The van der Waals surface area contributed by atoms with Crippen LogP contribution in [0.15, 0.2) is 18.2 Å². The van der Waals surface area contributed by atoms with Crippen LogP contribution in [0, 0.1) is 17.6 Å². The Kier molecular flexibility index (Phi) is 5.39. The van der Waals surface area contributed by atoms with Crippen LogP contribution in [0.1, 0.15) is 20.3 Å².